The SMILES string of the molecule is Cc1c(C)c(C)c2c(c1C)C(C)(C)C(C)(C)C2(C)C1(C)C(C)(C)c2c(C)c(C)c(C)c(C)c2C1(C)C. The molecule has 0 aliphatic heterocycles. The van der Waals surface area contributed by atoms with Crippen molar-refractivity contribution < 1.29 is 0 Å². The van der Waals surface area contributed by atoms with Crippen molar-refractivity contribution in [2.45, 2.75) is 146 Å². The molecule has 0 aromatic heterocycles. The standard InChI is InChI=1S/C36H54/c1-19-20(2)24(6)28-27(23(19)5)32(11,12)36(18,33(28,13)14)35(17)30-26(8)22(4)21(3)25(7)29(30)31(9,10)34(35,15)16/h1-18H3. The van der Waals surface area contributed by atoms with Crippen molar-refractivity contribution in [2.75, 3.05) is 0 Å². The van der Waals surface area contributed by atoms with E-state index in [4.69, 9.17) is 0 Å². The zero-order valence-corrected chi connectivity index (χ0v) is 27.0. The van der Waals surface area contributed by atoms with Crippen LogP contribution in [0.15, 0.2) is 0 Å². The van der Waals surface area contributed by atoms with E-state index in [1.807, 2.05) is 0 Å². The van der Waals surface area contributed by atoms with Crippen molar-refractivity contribution in [1.29, 1.82) is 0 Å². The molecular weight excluding hydrogens is 432 g/mol. The Labute approximate surface area is 223 Å². The lowest BCUT2D eigenvalue weighted by Gasteiger charge is -2.64. The molecule has 0 bridgehead atoms. The monoisotopic (exact) mass is 486 g/mol. The Morgan fingerprint density at radius 2 is 0.556 bits per heavy atom. The topological polar surface area (TPSA) is 0 Å². The fourth-order valence-electron chi connectivity index (χ4n) is 10.2. The van der Waals surface area contributed by atoms with E-state index in [0.29, 0.717) is 0 Å². The summed E-state index contributed by atoms with van der Waals surface area (Å²) in [6.07, 6.45) is 0. The number of hydrogen-bond donors (Lipinski definition) is 0. The summed E-state index contributed by atoms with van der Waals surface area (Å²) >= 11 is 0. The molecule has 198 valence electrons. The molecule has 2 aromatic rings. The normalized spacial score (nSPS) is 26.2. The minimum atomic E-state index is -0.0428. The molecule has 0 spiro atoms. The van der Waals surface area contributed by atoms with Gasteiger partial charge in [-0.3, -0.25) is 0 Å². The molecule has 0 saturated heterocycles. The molecule has 2 aromatic carbocycles. The second-order valence-corrected chi connectivity index (χ2v) is 15.2. The van der Waals surface area contributed by atoms with Gasteiger partial charge in [-0.05, 0) is 149 Å². The Bertz CT molecular complexity index is 1270. The van der Waals surface area contributed by atoms with Gasteiger partial charge in [0.1, 0.15) is 0 Å². The summed E-state index contributed by atoms with van der Waals surface area (Å²) in [5.74, 6) is 0. The first-order valence-electron chi connectivity index (χ1n) is 14.2. The highest BCUT2D eigenvalue weighted by molar-refractivity contribution is 5.67. The lowest BCUT2D eigenvalue weighted by molar-refractivity contribution is -0.0733. The highest BCUT2D eigenvalue weighted by Crippen LogP contribution is 2.78. The zero-order valence-electron chi connectivity index (χ0n) is 27.0. The number of fused-ring (bicyclic) bond motifs is 2. The second-order valence-electron chi connectivity index (χ2n) is 15.2. The highest BCUT2D eigenvalue weighted by atomic mass is 14.8. The van der Waals surface area contributed by atoms with Gasteiger partial charge in [0, 0.05) is 5.41 Å². The first kappa shape index (κ1) is 27.5. The summed E-state index contributed by atoms with van der Waals surface area (Å²) in [4.78, 5) is 0. The van der Waals surface area contributed by atoms with Crippen molar-refractivity contribution in [2.24, 2.45) is 10.8 Å². The van der Waals surface area contributed by atoms with Crippen LogP contribution in [-0.2, 0) is 21.7 Å². The molecule has 0 amide bonds. The van der Waals surface area contributed by atoms with E-state index in [9.17, 15) is 0 Å². The minimum absolute atomic E-state index is 0.00197. The van der Waals surface area contributed by atoms with E-state index in [2.05, 4.69) is 125 Å². The van der Waals surface area contributed by atoms with Crippen LogP contribution in [0.25, 0.3) is 0 Å². The van der Waals surface area contributed by atoms with Gasteiger partial charge in [0.05, 0.1) is 0 Å². The molecule has 0 N–H and O–H groups in total. The number of rotatable bonds is 1. The van der Waals surface area contributed by atoms with Gasteiger partial charge in [0.15, 0.2) is 0 Å². The summed E-state index contributed by atoms with van der Waals surface area (Å²) in [6.45, 7) is 44.9. The van der Waals surface area contributed by atoms with Gasteiger partial charge >= 0.3 is 0 Å². The molecule has 2 aliphatic carbocycles. The maximum Gasteiger partial charge on any atom is 0.00602 e. The molecule has 0 heteroatoms. The van der Waals surface area contributed by atoms with Crippen LogP contribution in [0.2, 0.25) is 0 Å². The van der Waals surface area contributed by atoms with Crippen LogP contribution < -0.4 is 0 Å². The van der Waals surface area contributed by atoms with Gasteiger partial charge in [-0.25, -0.2) is 0 Å². The predicted octanol–water partition coefficient (Wildman–Crippen LogP) is 10.0. The molecule has 4 rings (SSSR count). The van der Waals surface area contributed by atoms with E-state index < -0.39 is 0 Å². The maximum atomic E-state index is 2.67. The summed E-state index contributed by atoms with van der Waals surface area (Å²) in [6, 6.07) is 0. The average Bonchev–Trinajstić information content (AvgIpc) is 2.99. The molecule has 0 radical (unpaired) electrons. The van der Waals surface area contributed by atoms with E-state index in [1.165, 1.54) is 44.5 Å². The first-order valence-corrected chi connectivity index (χ1v) is 14.2. The van der Waals surface area contributed by atoms with Gasteiger partial charge in [-0.15, -0.1) is 0 Å². The molecule has 0 heterocycles. The van der Waals surface area contributed by atoms with Crippen LogP contribution in [0, 0.1) is 66.2 Å². The molecule has 1 unspecified atom stereocenters. The van der Waals surface area contributed by atoms with Gasteiger partial charge < -0.3 is 0 Å². The Balaban J connectivity index is 2.29. The third kappa shape index (κ3) is 2.41. The summed E-state index contributed by atoms with van der Waals surface area (Å²) in [5.41, 5.74) is 18.6. The molecule has 0 saturated carbocycles. The number of benzene rings is 2. The molecule has 0 nitrogen and oxygen atoms in total. The molecule has 0 fully saturated rings. The van der Waals surface area contributed by atoms with E-state index in [1.54, 1.807) is 22.3 Å². The Kier molecular flexibility index (Phi) is 5.41. The van der Waals surface area contributed by atoms with Gasteiger partial charge in [0.2, 0.25) is 0 Å². The van der Waals surface area contributed by atoms with Gasteiger partial charge in [0.25, 0.3) is 0 Å². The summed E-state index contributed by atoms with van der Waals surface area (Å²) < 4.78 is 0. The second kappa shape index (κ2) is 7.09. The fourth-order valence-corrected chi connectivity index (χ4v) is 10.2. The van der Waals surface area contributed by atoms with Crippen molar-refractivity contribution in [3.8, 4) is 0 Å². The van der Waals surface area contributed by atoms with Crippen LogP contribution in [-0.4, -0.2) is 0 Å². The van der Waals surface area contributed by atoms with Gasteiger partial charge in [-0.1, -0.05) is 69.2 Å². The molecule has 1 atom stereocenters. The molecular formula is C36H54. The van der Waals surface area contributed by atoms with Crippen molar-refractivity contribution in [3.63, 3.8) is 0 Å². The largest absolute Gasteiger partial charge is 0.0582 e. The fraction of sp³-hybridized carbons (Fsp3) is 0.667. The Hall–Kier alpha value is -1.56. The quantitative estimate of drug-likeness (QED) is 0.376. The average molecular weight is 487 g/mol. The Morgan fingerprint density at radius 3 is 0.861 bits per heavy atom. The zero-order chi connectivity index (χ0) is 27.9. The van der Waals surface area contributed by atoms with E-state index in [0.717, 1.165) is 0 Å². The van der Waals surface area contributed by atoms with Crippen LogP contribution in [0.5, 0.6) is 0 Å². The lowest BCUT2D eigenvalue weighted by atomic mass is 9.39. The smallest absolute Gasteiger partial charge is 0.00602 e. The first-order chi connectivity index (χ1) is 16.0. The van der Waals surface area contributed by atoms with E-state index >= 15 is 0 Å². The Morgan fingerprint density at radius 1 is 0.306 bits per heavy atom. The number of hydrogen-bond acceptors (Lipinski definition) is 0. The van der Waals surface area contributed by atoms with Crippen LogP contribution in [0.3, 0.4) is 0 Å². The summed E-state index contributed by atoms with van der Waals surface area (Å²) in [5, 5.41) is 0. The van der Waals surface area contributed by atoms with Crippen LogP contribution in [0.4, 0.5) is 0 Å². The predicted molar refractivity (Wildman–Crippen MR) is 159 cm³/mol. The van der Waals surface area contributed by atoms with Crippen LogP contribution >= 0.6 is 0 Å². The highest BCUT2D eigenvalue weighted by Gasteiger charge is 2.76. The summed E-state index contributed by atoms with van der Waals surface area (Å²) in [7, 11) is 0. The molecule has 36 heavy (non-hydrogen) atoms. The van der Waals surface area contributed by atoms with Crippen LogP contribution in [0.1, 0.15) is 136 Å². The van der Waals surface area contributed by atoms with Crippen molar-refractivity contribution in [1.82, 2.24) is 0 Å². The van der Waals surface area contributed by atoms with E-state index in [-0.39, 0.29) is 32.5 Å². The molecule has 2 aliphatic rings. The lowest BCUT2D eigenvalue weighted by Crippen LogP contribution is -2.64. The van der Waals surface area contributed by atoms with Crippen molar-refractivity contribution >= 4 is 0 Å². The third-order valence-electron chi connectivity index (χ3n) is 14.1. The van der Waals surface area contributed by atoms with Gasteiger partial charge in [-0.2, -0.15) is 0 Å². The maximum absolute atomic E-state index is 2.67. The minimum Gasteiger partial charge on any atom is -0.0582 e. The van der Waals surface area contributed by atoms with Crippen molar-refractivity contribution in [3.05, 3.63) is 66.8 Å². The third-order valence-corrected chi connectivity index (χ3v) is 14.1.